The lowest BCUT2D eigenvalue weighted by Crippen LogP contribution is -2.30. The number of carbonyl (C=O) groups is 4. The van der Waals surface area contributed by atoms with Crippen LogP contribution < -0.4 is 0 Å². The molecule has 3 N–H and O–H groups in total. The minimum atomic E-state index is -4.95. The molecular weight excluding hydrogens is 1160 g/mol. The Morgan fingerprint density at radius 2 is 0.477 bits per heavy atom. The molecule has 5 atom stereocenters. The second-order valence-electron chi connectivity index (χ2n) is 26.8. The van der Waals surface area contributed by atoms with Crippen LogP contribution in [0.15, 0.2) is 0 Å². The number of unbranched alkanes of at least 4 members (excludes halogenated alkanes) is 32. The molecule has 0 spiro atoms. The SMILES string of the molecule is CC(C)CCCCCCCCCCCCCCC(=O)OC[C@H](COP(=O)(O)OC[C@@H](O)COP(=O)(O)OC[C@@H](COC(=O)CCCCCCCCC(C)C)OC(=O)CCCCCCCCCCCCCCC(C)C)OC(=O)CCCCCCCCC(C)C. The first-order valence-corrected chi connectivity index (χ1v) is 38.7. The molecule has 0 saturated heterocycles. The number of esters is 4. The fourth-order valence-electron chi connectivity index (χ4n) is 10.3. The van der Waals surface area contributed by atoms with Gasteiger partial charge in [0.2, 0.25) is 0 Å². The summed E-state index contributed by atoms with van der Waals surface area (Å²) in [5, 5.41) is 10.6. The zero-order chi connectivity index (χ0) is 65.4. The summed E-state index contributed by atoms with van der Waals surface area (Å²) in [4.78, 5) is 72.4. The van der Waals surface area contributed by atoms with Gasteiger partial charge in [0.25, 0.3) is 0 Å². The van der Waals surface area contributed by atoms with E-state index < -0.39 is 97.5 Å². The van der Waals surface area contributed by atoms with E-state index in [4.69, 9.17) is 37.0 Å². The number of phosphoric ester groups is 2. The minimum Gasteiger partial charge on any atom is -0.462 e. The number of rotatable bonds is 66. The predicted molar refractivity (Wildman–Crippen MR) is 354 cm³/mol. The van der Waals surface area contributed by atoms with Crippen molar-refractivity contribution in [2.45, 2.75) is 356 Å². The summed E-state index contributed by atoms with van der Waals surface area (Å²) in [6.45, 7) is 14.0. The molecule has 0 amide bonds. The average Bonchev–Trinajstić information content (AvgIpc) is 3.60. The number of ether oxygens (including phenoxy) is 4. The average molecular weight is 1300 g/mol. The van der Waals surface area contributed by atoms with Crippen LogP contribution in [0.25, 0.3) is 0 Å². The van der Waals surface area contributed by atoms with Crippen molar-refractivity contribution in [2.75, 3.05) is 39.6 Å². The van der Waals surface area contributed by atoms with E-state index in [1.165, 1.54) is 135 Å². The molecule has 0 heterocycles. The van der Waals surface area contributed by atoms with Crippen LogP contribution in [-0.4, -0.2) is 96.7 Å². The van der Waals surface area contributed by atoms with Gasteiger partial charge in [-0.05, 0) is 49.4 Å². The molecule has 0 radical (unpaired) electrons. The first-order valence-electron chi connectivity index (χ1n) is 35.7. The van der Waals surface area contributed by atoms with E-state index in [9.17, 15) is 43.2 Å². The lowest BCUT2D eigenvalue weighted by atomic mass is 10.0. The summed E-state index contributed by atoms with van der Waals surface area (Å²) in [7, 11) is -9.90. The lowest BCUT2D eigenvalue weighted by Gasteiger charge is -2.21. The third-order valence-electron chi connectivity index (χ3n) is 15.8. The molecule has 0 aliphatic carbocycles. The van der Waals surface area contributed by atoms with E-state index in [0.29, 0.717) is 37.5 Å². The van der Waals surface area contributed by atoms with Crippen molar-refractivity contribution in [3.8, 4) is 0 Å². The van der Waals surface area contributed by atoms with Crippen molar-refractivity contribution in [1.82, 2.24) is 0 Å². The van der Waals surface area contributed by atoms with Crippen molar-refractivity contribution in [3.05, 3.63) is 0 Å². The van der Waals surface area contributed by atoms with Gasteiger partial charge in [-0.25, -0.2) is 9.13 Å². The fourth-order valence-corrected chi connectivity index (χ4v) is 11.9. The summed E-state index contributed by atoms with van der Waals surface area (Å²) in [5.41, 5.74) is 0. The molecule has 0 aliphatic rings. The van der Waals surface area contributed by atoms with Gasteiger partial charge in [0.1, 0.15) is 19.3 Å². The Hall–Kier alpha value is -1.94. The number of aliphatic hydroxyl groups excluding tert-OH is 1. The van der Waals surface area contributed by atoms with Crippen molar-refractivity contribution in [2.24, 2.45) is 23.7 Å². The van der Waals surface area contributed by atoms with E-state index >= 15 is 0 Å². The predicted octanol–water partition coefficient (Wildman–Crippen LogP) is 19.3. The van der Waals surface area contributed by atoms with Crippen LogP contribution in [-0.2, 0) is 65.4 Å². The first kappa shape index (κ1) is 86.1. The molecule has 0 saturated carbocycles. The highest BCUT2D eigenvalue weighted by Gasteiger charge is 2.30. The highest BCUT2D eigenvalue weighted by atomic mass is 31.2. The zero-order valence-corrected chi connectivity index (χ0v) is 59.1. The summed E-state index contributed by atoms with van der Waals surface area (Å²) < 4.78 is 68.2. The number of hydrogen-bond donors (Lipinski definition) is 3. The van der Waals surface area contributed by atoms with Gasteiger partial charge in [0.15, 0.2) is 12.2 Å². The monoisotopic (exact) mass is 1300 g/mol. The maximum absolute atomic E-state index is 13.0. The van der Waals surface area contributed by atoms with Crippen molar-refractivity contribution >= 4 is 39.5 Å². The standard InChI is InChI=1S/C69H134O17P2/c1-59(2)45-37-29-21-17-13-9-11-15-19-23-33-41-49-66(71)79-55-65(86-69(74)52-44-36-28-26-32-40-48-62(7)8)58-84-88(77,78)82-54-63(70)53-81-87(75,76)83-57-64(56-80-67(72)50-42-34-27-25-31-39-47-61(5)6)85-68(73)51-43-35-24-20-16-12-10-14-18-22-30-38-46-60(3)4/h59-65,70H,9-58H2,1-8H3,(H,75,76)(H,77,78)/t63-,64+,65+/m0/s1. The Labute approximate surface area is 537 Å². The number of aliphatic hydroxyl groups is 1. The first-order chi connectivity index (χ1) is 42.1. The second kappa shape index (κ2) is 58.8. The molecule has 0 aliphatic heterocycles. The maximum atomic E-state index is 13.0. The van der Waals surface area contributed by atoms with Crippen LogP contribution in [0.5, 0.6) is 0 Å². The van der Waals surface area contributed by atoms with E-state index in [0.717, 1.165) is 108 Å². The normalized spacial score (nSPS) is 14.3. The van der Waals surface area contributed by atoms with E-state index in [1.54, 1.807) is 0 Å². The maximum Gasteiger partial charge on any atom is 0.472 e. The molecule has 19 heteroatoms. The van der Waals surface area contributed by atoms with Crippen molar-refractivity contribution in [1.29, 1.82) is 0 Å². The van der Waals surface area contributed by atoms with Crippen molar-refractivity contribution < 1.29 is 80.2 Å². The Morgan fingerprint density at radius 3 is 0.705 bits per heavy atom. The molecule has 0 bridgehead atoms. The third-order valence-corrected chi connectivity index (χ3v) is 17.7. The summed E-state index contributed by atoms with van der Waals surface area (Å²) >= 11 is 0. The van der Waals surface area contributed by atoms with Gasteiger partial charge in [-0.2, -0.15) is 0 Å². The van der Waals surface area contributed by atoms with Crippen molar-refractivity contribution in [3.63, 3.8) is 0 Å². The molecule has 2 unspecified atom stereocenters. The Kier molecular flexibility index (Phi) is 57.6. The molecule has 0 rings (SSSR count). The topological polar surface area (TPSA) is 237 Å². The summed E-state index contributed by atoms with van der Waals surface area (Å²) in [6, 6.07) is 0. The van der Waals surface area contributed by atoms with Crippen LogP contribution in [0, 0.1) is 23.7 Å². The van der Waals surface area contributed by atoms with Crippen LogP contribution in [0.4, 0.5) is 0 Å². The number of carbonyl (C=O) groups excluding carboxylic acids is 4. The van der Waals surface area contributed by atoms with Gasteiger partial charge in [0, 0.05) is 25.7 Å². The van der Waals surface area contributed by atoms with Gasteiger partial charge >= 0.3 is 39.5 Å². The number of hydrogen-bond acceptors (Lipinski definition) is 15. The third kappa shape index (κ3) is 62.8. The van der Waals surface area contributed by atoms with Crippen LogP contribution in [0.2, 0.25) is 0 Å². The van der Waals surface area contributed by atoms with Gasteiger partial charge in [0.05, 0.1) is 26.4 Å². The summed E-state index contributed by atoms with van der Waals surface area (Å²) in [5.74, 6) is 0.771. The highest BCUT2D eigenvalue weighted by molar-refractivity contribution is 7.47. The molecule has 88 heavy (non-hydrogen) atoms. The minimum absolute atomic E-state index is 0.102. The van der Waals surface area contributed by atoms with Crippen LogP contribution in [0.3, 0.4) is 0 Å². The molecule has 0 aromatic rings. The van der Waals surface area contributed by atoms with Gasteiger partial charge < -0.3 is 33.8 Å². The largest absolute Gasteiger partial charge is 0.472 e. The van der Waals surface area contributed by atoms with Gasteiger partial charge in [-0.3, -0.25) is 37.3 Å². The number of phosphoric acid groups is 2. The Bertz CT molecular complexity index is 1750. The summed E-state index contributed by atoms with van der Waals surface area (Å²) in [6.07, 6.45) is 40.6. The van der Waals surface area contributed by atoms with Crippen LogP contribution >= 0.6 is 15.6 Å². The van der Waals surface area contributed by atoms with E-state index in [1.807, 2.05) is 0 Å². The molecular formula is C69H134O17P2. The van der Waals surface area contributed by atoms with Crippen LogP contribution in [0.1, 0.15) is 338 Å². The quantitative estimate of drug-likeness (QED) is 0.0222. The second-order valence-corrected chi connectivity index (χ2v) is 29.7. The molecule has 17 nitrogen and oxygen atoms in total. The molecule has 522 valence electrons. The van der Waals surface area contributed by atoms with Gasteiger partial charge in [-0.1, -0.05) is 287 Å². The van der Waals surface area contributed by atoms with E-state index in [-0.39, 0.29) is 25.7 Å². The lowest BCUT2D eigenvalue weighted by molar-refractivity contribution is -0.161. The molecule has 0 aromatic heterocycles. The Balaban J connectivity index is 5.20. The molecule has 0 fully saturated rings. The fraction of sp³-hybridized carbons (Fsp3) is 0.942. The highest BCUT2D eigenvalue weighted by Crippen LogP contribution is 2.45. The van der Waals surface area contributed by atoms with E-state index in [2.05, 4.69) is 55.4 Å². The zero-order valence-electron chi connectivity index (χ0n) is 57.3. The van der Waals surface area contributed by atoms with Gasteiger partial charge in [-0.15, -0.1) is 0 Å². The Morgan fingerprint density at radius 1 is 0.284 bits per heavy atom. The smallest absolute Gasteiger partial charge is 0.462 e. The molecule has 0 aromatic carbocycles.